The SMILES string of the molecule is CN1CCN(c2ccc(Nc3ncc(F)c(NC4CC(C)(C)N(C)C4(C)C)n3)cc2C(F)(F)F)CC1. The zero-order valence-electron chi connectivity index (χ0n) is 21.7. The molecule has 2 aliphatic heterocycles. The third-order valence-electron chi connectivity index (χ3n) is 7.79. The number of alkyl halides is 3. The van der Waals surface area contributed by atoms with Crippen molar-refractivity contribution in [3.63, 3.8) is 0 Å². The van der Waals surface area contributed by atoms with Crippen LogP contribution >= 0.6 is 0 Å². The van der Waals surface area contributed by atoms with E-state index in [4.69, 9.17) is 0 Å². The Morgan fingerprint density at radius 2 is 1.69 bits per heavy atom. The first-order valence-corrected chi connectivity index (χ1v) is 12.1. The predicted octanol–water partition coefficient (Wildman–Crippen LogP) is 4.80. The number of anilines is 4. The lowest BCUT2D eigenvalue weighted by Crippen LogP contribution is -2.49. The van der Waals surface area contributed by atoms with Crippen LogP contribution in [-0.2, 0) is 6.18 Å². The van der Waals surface area contributed by atoms with E-state index in [2.05, 4.69) is 58.1 Å². The number of nitrogens with one attached hydrogen (secondary N) is 2. The van der Waals surface area contributed by atoms with E-state index in [1.165, 1.54) is 6.07 Å². The molecule has 1 atom stereocenters. The van der Waals surface area contributed by atoms with Gasteiger partial charge in [-0.05, 0) is 66.4 Å². The molecular formula is C25H35F4N7. The van der Waals surface area contributed by atoms with Crippen LogP contribution in [-0.4, -0.2) is 77.2 Å². The van der Waals surface area contributed by atoms with Crippen LogP contribution in [0.4, 0.5) is 40.7 Å². The highest BCUT2D eigenvalue weighted by atomic mass is 19.4. The maximum Gasteiger partial charge on any atom is 0.418 e. The second-order valence-electron chi connectivity index (χ2n) is 11.0. The van der Waals surface area contributed by atoms with Gasteiger partial charge in [0.25, 0.3) is 0 Å². The lowest BCUT2D eigenvalue weighted by Gasteiger charge is -2.38. The fourth-order valence-electron chi connectivity index (χ4n) is 5.11. The second-order valence-corrected chi connectivity index (χ2v) is 11.0. The number of likely N-dealkylation sites (tertiary alicyclic amines) is 1. The summed E-state index contributed by atoms with van der Waals surface area (Å²) in [5, 5.41) is 6.03. The first-order valence-electron chi connectivity index (χ1n) is 12.1. The largest absolute Gasteiger partial charge is 0.418 e. The average molecular weight is 510 g/mol. The molecule has 36 heavy (non-hydrogen) atoms. The Hall–Kier alpha value is -2.66. The van der Waals surface area contributed by atoms with Gasteiger partial charge in [0.1, 0.15) is 0 Å². The van der Waals surface area contributed by atoms with Gasteiger partial charge in [0.15, 0.2) is 11.6 Å². The lowest BCUT2D eigenvalue weighted by molar-refractivity contribution is -0.137. The Bertz CT molecular complexity index is 1090. The number of benzene rings is 1. The van der Waals surface area contributed by atoms with E-state index in [1.807, 2.05) is 14.1 Å². The van der Waals surface area contributed by atoms with E-state index in [1.54, 1.807) is 11.0 Å². The summed E-state index contributed by atoms with van der Waals surface area (Å²) in [5.74, 6) is -0.588. The molecule has 2 saturated heterocycles. The molecule has 0 bridgehead atoms. The Labute approximate surface area is 209 Å². The van der Waals surface area contributed by atoms with Gasteiger partial charge in [-0.3, -0.25) is 4.90 Å². The highest BCUT2D eigenvalue weighted by molar-refractivity contribution is 5.65. The molecule has 2 N–H and O–H groups in total. The van der Waals surface area contributed by atoms with Crippen LogP contribution in [0.5, 0.6) is 0 Å². The highest BCUT2D eigenvalue weighted by Gasteiger charge is 2.49. The van der Waals surface area contributed by atoms with E-state index in [9.17, 15) is 17.6 Å². The minimum Gasteiger partial charge on any atom is -0.368 e. The van der Waals surface area contributed by atoms with Crippen molar-refractivity contribution in [1.82, 2.24) is 19.8 Å². The van der Waals surface area contributed by atoms with Crippen LogP contribution < -0.4 is 15.5 Å². The molecule has 4 rings (SSSR count). The first-order chi connectivity index (χ1) is 16.7. The van der Waals surface area contributed by atoms with E-state index >= 15 is 0 Å². The molecule has 2 fully saturated rings. The molecule has 11 heteroatoms. The summed E-state index contributed by atoms with van der Waals surface area (Å²) in [4.78, 5) is 14.3. The number of piperazine rings is 1. The van der Waals surface area contributed by atoms with Crippen molar-refractivity contribution in [3.8, 4) is 0 Å². The summed E-state index contributed by atoms with van der Waals surface area (Å²) in [6.07, 6.45) is -2.73. The minimum atomic E-state index is -4.53. The third-order valence-corrected chi connectivity index (χ3v) is 7.79. The van der Waals surface area contributed by atoms with Crippen LogP contribution in [0.25, 0.3) is 0 Å². The van der Waals surface area contributed by atoms with E-state index in [0.29, 0.717) is 26.2 Å². The summed E-state index contributed by atoms with van der Waals surface area (Å²) < 4.78 is 56.5. The molecule has 0 amide bonds. The van der Waals surface area contributed by atoms with Gasteiger partial charge in [-0.15, -0.1) is 0 Å². The topological polar surface area (TPSA) is 59.6 Å². The van der Waals surface area contributed by atoms with Gasteiger partial charge in [-0.25, -0.2) is 9.37 Å². The van der Waals surface area contributed by atoms with Gasteiger partial charge in [0.05, 0.1) is 11.8 Å². The molecule has 2 aliphatic rings. The number of aromatic nitrogens is 2. The van der Waals surface area contributed by atoms with Crippen molar-refractivity contribution in [2.75, 3.05) is 55.8 Å². The van der Waals surface area contributed by atoms with Crippen molar-refractivity contribution in [1.29, 1.82) is 0 Å². The van der Waals surface area contributed by atoms with E-state index in [-0.39, 0.29) is 40.3 Å². The quantitative estimate of drug-likeness (QED) is 0.562. The molecular weight excluding hydrogens is 474 g/mol. The average Bonchev–Trinajstić information content (AvgIpc) is 2.95. The minimum absolute atomic E-state index is 0.0155. The number of rotatable bonds is 5. The normalized spacial score (nSPS) is 22.6. The van der Waals surface area contributed by atoms with Gasteiger partial charge < -0.3 is 20.4 Å². The molecule has 7 nitrogen and oxygen atoms in total. The standard InChI is InChI=1S/C25H35F4N7/c1-23(2)14-20(24(3,4)35(23)6)32-21-18(26)15-30-22(33-21)31-16-7-8-19(17(13-16)25(27,28)29)36-11-9-34(5)10-12-36/h7-8,13,15,20H,9-12,14H2,1-6H3,(H2,30,31,32,33). The molecule has 2 aromatic rings. The molecule has 0 spiro atoms. The lowest BCUT2D eigenvalue weighted by atomic mass is 9.94. The molecule has 1 aromatic heterocycles. The predicted molar refractivity (Wildman–Crippen MR) is 134 cm³/mol. The monoisotopic (exact) mass is 509 g/mol. The van der Waals surface area contributed by atoms with Crippen molar-refractivity contribution in [3.05, 3.63) is 35.8 Å². The van der Waals surface area contributed by atoms with Gasteiger partial charge in [-0.1, -0.05) is 0 Å². The Balaban J connectivity index is 1.57. The van der Waals surface area contributed by atoms with Gasteiger partial charge in [0, 0.05) is 54.7 Å². The number of nitrogens with zero attached hydrogens (tertiary/aromatic N) is 5. The second kappa shape index (κ2) is 9.33. The van der Waals surface area contributed by atoms with Crippen LogP contribution in [0.15, 0.2) is 24.4 Å². The fraction of sp³-hybridized carbons (Fsp3) is 0.600. The van der Waals surface area contributed by atoms with Crippen LogP contribution in [0.3, 0.4) is 0 Å². The molecule has 0 aliphatic carbocycles. The van der Waals surface area contributed by atoms with Crippen molar-refractivity contribution < 1.29 is 17.6 Å². The first kappa shape index (κ1) is 26.4. The maximum absolute atomic E-state index is 14.6. The number of hydrogen-bond donors (Lipinski definition) is 2. The molecule has 0 saturated carbocycles. The molecule has 198 valence electrons. The number of likely N-dealkylation sites (N-methyl/N-ethyl adjacent to an activating group) is 2. The van der Waals surface area contributed by atoms with E-state index < -0.39 is 17.6 Å². The van der Waals surface area contributed by atoms with Crippen molar-refractivity contribution >= 4 is 23.1 Å². The van der Waals surface area contributed by atoms with Crippen LogP contribution in [0, 0.1) is 5.82 Å². The maximum atomic E-state index is 14.6. The summed E-state index contributed by atoms with van der Waals surface area (Å²) in [6, 6.07) is 4.01. The highest BCUT2D eigenvalue weighted by Crippen LogP contribution is 2.41. The Morgan fingerprint density at radius 3 is 2.28 bits per heavy atom. The van der Waals surface area contributed by atoms with Gasteiger partial charge >= 0.3 is 6.18 Å². The number of hydrogen-bond acceptors (Lipinski definition) is 7. The summed E-state index contributed by atoms with van der Waals surface area (Å²) in [7, 11) is 3.99. The summed E-state index contributed by atoms with van der Waals surface area (Å²) in [6.45, 7) is 10.9. The zero-order chi connectivity index (χ0) is 26.5. The summed E-state index contributed by atoms with van der Waals surface area (Å²) in [5.41, 5.74) is -0.755. The van der Waals surface area contributed by atoms with Crippen molar-refractivity contribution in [2.45, 2.75) is 57.4 Å². The number of halogens is 4. The molecule has 1 unspecified atom stereocenters. The van der Waals surface area contributed by atoms with Gasteiger partial charge in [-0.2, -0.15) is 18.2 Å². The van der Waals surface area contributed by atoms with Crippen LogP contribution in [0.1, 0.15) is 39.7 Å². The van der Waals surface area contributed by atoms with E-state index in [0.717, 1.165) is 18.7 Å². The van der Waals surface area contributed by atoms with Gasteiger partial charge in [0.2, 0.25) is 5.95 Å². The molecule has 3 heterocycles. The fourth-order valence-corrected chi connectivity index (χ4v) is 5.11. The summed E-state index contributed by atoms with van der Waals surface area (Å²) >= 11 is 0. The Kier molecular flexibility index (Phi) is 6.85. The van der Waals surface area contributed by atoms with Crippen molar-refractivity contribution in [2.24, 2.45) is 0 Å². The molecule has 0 radical (unpaired) electrons. The van der Waals surface area contributed by atoms with Crippen LogP contribution in [0.2, 0.25) is 0 Å². The third kappa shape index (κ3) is 5.22. The smallest absolute Gasteiger partial charge is 0.368 e. The molecule has 1 aromatic carbocycles. The zero-order valence-corrected chi connectivity index (χ0v) is 21.7. The Morgan fingerprint density at radius 1 is 1.03 bits per heavy atom.